The molecule has 0 amide bonds. The third-order valence-corrected chi connectivity index (χ3v) is 18.7. The highest BCUT2D eigenvalue weighted by molar-refractivity contribution is 7.47. The molecule has 0 aliphatic rings. The second-order valence-corrected chi connectivity index (χ2v) is 29.8. The molecule has 17 nitrogen and oxygen atoms in total. The topological polar surface area (TPSA) is 237 Å². The fourth-order valence-corrected chi connectivity index (χ4v) is 12.2. The minimum absolute atomic E-state index is 0.0594. The summed E-state index contributed by atoms with van der Waals surface area (Å²) < 4.78 is 68.7. The summed E-state index contributed by atoms with van der Waals surface area (Å²) in [5.41, 5.74) is 0. The highest BCUT2D eigenvalue weighted by Gasteiger charge is 2.30. The molecule has 0 aliphatic carbocycles. The molecule has 0 aromatic rings. The zero-order chi connectivity index (χ0) is 77.4. The minimum atomic E-state index is -5.00. The number of allylic oxidation sites excluding steroid dienone is 24. The van der Waals surface area contributed by atoms with Crippen molar-refractivity contribution in [2.45, 2.75) is 341 Å². The SMILES string of the molecule is CC/C=C\C/C=C\C/C=C\C/C=C\CCCCCCCCC(=O)OCC(COP(=O)(O)OCC(O)COP(=O)(O)OCC(COC(=O)CCCCCCCCC/C=C\C/C=C\C/C=C\CC)OC(=O)CCCCCCC/C=C\CCCCCC)OC(=O)CCCCCC/C=C\C/C=C\C/C=C\C/C=C\CC. The van der Waals surface area contributed by atoms with Crippen molar-refractivity contribution in [3.05, 3.63) is 146 Å². The summed E-state index contributed by atoms with van der Waals surface area (Å²) in [6.45, 7) is 4.48. The van der Waals surface area contributed by atoms with Gasteiger partial charge in [0.2, 0.25) is 0 Å². The van der Waals surface area contributed by atoms with Crippen LogP contribution in [0.5, 0.6) is 0 Å². The minimum Gasteiger partial charge on any atom is -0.462 e. The van der Waals surface area contributed by atoms with Crippen LogP contribution in [0.1, 0.15) is 323 Å². The standard InChI is InChI=1S/C87H146O17P2/c1-5-9-13-17-21-25-29-33-36-39-40-43-45-49-52-56-60-64-68-72-85(90)98-78-83(104-87(92)74-70-66-62-58-54-50-46-42-38-35-31-27-23-19-15-11-7-3)80-102-106(95,96)100-76-81(88)75-99-105(93,94)101-79-82(103-86(91)73-69-65-61-57-53-47-32-28-24-20-16-12-8-4)77-97-84(89)71-67-63-59-55-51-48-44-41-37-34-30-26-22-18-14-10-6-2/h9-11,13-15,21-23,25-28,32-38,40,43,46,50,81-83,88H,5-8,12,16-20,24,29-31,39,41-42,44-45,47-49,51-80H2,1-4H3,(H,93,94)(H,95,96)/b13-9-,14-10-,15-11-,25-21-,26-22-,27-23-,32-28-,36-33-,37-34-,38-35-,43-40-,50-46-. The van der Waals surface area contributed by atoms with Crippen molar-refractivity contribution >= 4 is 39.5 Å². The van der Waals surface area contributed by atoms with Gasteiger partial charge in [-0.3, -0.25) is 37.3 Å². The van der Waals surface area contributed by atoms with Crippen LogP contribution in [-0.2, 0) is 65.4 Å². The average Bonchev–Trinajstić information content (AvgIpc) is 0.907. The maximum atomic E-state index is 13.1. The lowest BCUT2D eigenvalue weighted by Gasteiger charge is -2.21. The average molecular weight is 1530 g/mol. The van der Waals surface area contributed by atoms with Gasteiger partial charge in [0.05, 0.1) is 26.4 Å². The van der Waals surface area contributed by atoms with Crippen molar-refractivity contribution in [3.63, 3.8) is 0 Å². The van der Waals surface area contributed by atoms with Crippen LogP contribution >= 0.6 is 15.6 Å². The number of carbonyl (C=O) groups excluding carboxylic acids is 4. The van der Waals surface area contributed by atoms with Gasteiger partial charge in [-0.05, 0) is 161 Å². The Morgan fingerprint density at radius 2 is 0.491 bits per heavy atom. The quantitative estimate of drug-likeness (QED) is 0.0169. The molecule has 606 valence electrons. The van der Waals surface area contributed by atoms with E-state index >= 15 is 0 Å². The van der Waals surface area contributed by atoms with Gasteiger partial charge in [-0.25, -0.2) is 9.13 Å². The number of rotatable bonds is 76. The molecule has 0 radical (unpaired) electrons. The fraction of sp³-hybridized carbons (Fsp3) is 0.678. The molecule has 5 atom stereocenters. The van der Waals surface area contributed by atoms with Gasteiger partial charge in [0, 0.05) is 25.7 Å². The third kappa shape index (κ3) is 77.1. The van der Waals surface area contributed by atoms with Gasteiger partial charge in [-0.15, -0.1) is 0 Å². The van der Waals surface area contributed by atoms with E-state index in [-0.39, 0.29) is 25.7 Å². The molecule has 0 heterocycles. The number of phosphoric ester groups is 2. The van der Waals surface area contributed by atoms with Gasteiger partial charge in [0.25, 0.3) is 0 Å². The van der Waals surface area contributed by atoms with Crippen LogP contribution in [0.3, 0.4) is 0 Å². The van der Waals surface area contributed by atoms with Gasteiger partial charge in [0.15, 0.2) is 12.2 Å². The predicted molar refractivity (Wildman–Crippen MR) is 436 cm³/mol. The van der Waals surface area contributed by atoms with Crippen LogP contribution in [0, 0.1) is 0 Å². The van der Waals surface area contributed by atoms with Gasteiger partial charge in [-0.2, -0.15) is 0 Å². The van der Waals surface area contributed by atoms with Crippen LogP contribution in [-0.4, -0.2) is 96.7 Å². The Kier molecular flexibility index (Phi) is 74.3. The first-order valence-electron chi connectivity index (χ1n) is 41.1. The van der Waals surface area contributed by atoms with E-state index in [1.807, 2.05) is 0 Å². The molecule has 0 aromatic carbocycles. The van der Waals surface area contributed by atoms with E-state index in [2.05, 4.69) is 174 Å². The maximum Gasteiger partial charge on any atom is 0.472 e. The van der Waals surface area contributed by atoms with Crippen LogP contribution in [0.4, 0.5) is 0 Å². The van der Waals surface area contributed by atoms with E-state index < -0.39 is 97.5 Å². The molecule has 5 unspecified atom stereocenters. The lowest BCUT2D eigenvalue weighted by Crippen LogP contribution is -2.30. The smallest absolute Gasteiger partial charge is 0.462 e. The molecule has 0 rings (SSSR count). The second kappa shape index (κ2) is 78.1. The number of hydrogen-bond donors (Lipinski definition) is 3. The van der Waals surface area contributed by atoms with Crippen LogP contribution in [0.2, 0.25) is 0 Å². The first-order valence-corrected chi connectivity index (χ1v) is 44.1. The lowest BCUT2D eigenvalue weighted by molar-refractivity contribution is -0.161. The summed E-state index contributed by atoms with van der Waals surface area (Å²) in [5.74, 6) is -2.23. The number of unbranched alkanes of at least 4 members (excludes halogenated alkanes) is 26. The monoisotopic (exact) mass is 1530 g/mol. The number of hydrogen-bond acceptors (Lipinski definition) is 15. The van der Waals surface area contributed by atoms with Gasteiger partial charge in [0.1, 0.15) is 19.3 Å². The normalized spacial score (nSPS) is 14.6. The van der Waals surface area contributed by atoms with Gasteiger partial charge in [-0.1, -0.05) is 283 Å². The Balaban J connectivity index is 5.40. The summed E-state index contributed by atoms with van der Waals surface area (Å²) >= 11 is 0. The molecular formula is C87H146O17P2. The summed E-state index contributed by atoms with van der Waals surface area (Å²) in [6.07, 6.45) is 89.5. The number of phosphoric acid groups is 2. The number of aliphatic hydroxyl groups is 1. The molecular weight excluding hydrogens is 1380 g/mol. The number of ether oxygens (including phenoxy) is 4. The molecule has 3 N–H and O–H groups in total. The number of carbonyl (C=O) groups is 4. The van der Waals surface area contributed by atoms with E-state index in [1.54, 1.807) is 0 Å². The van der Waals surface area contributed by atoms with E-state index in [0.29, 0.717) is 25.7 Å². The Bertz CT molecular complexity index is 2580. The summed E-state index contributed by atoms with van der Waals surface area (Å²) in [6, 6.07) is 0. The summed E-state index contributed by atoms with van der Waals surface area (Å²) in [5, 5.41) is 10.7. The molecule has 19 heteroatoms. The number of esters is 4. The van der Waals surface area contributed by atoms with Crippen LogP contribution < -0.4 is 0 Å². The molecule has 0 saturated carbocycles. The Hall–Kier alpha value is -5.06. The molecule has 0 bridgehead atoms. The summed E-state index contributed by atoms with van der Waals surface area (Å²) in [4.78, 5) is 73.1. The van der Waals surface area contributed by atoms with Crippen LogP contribution in [0.15, 0.2) is 146 Å². The maximum absolute atomic E-state index is 13.1. The van der Waals surface area contributed by atoms with Crippen molar-refractivity contribution in [3.8, 4) is 0 Å². The molecule has 0 aromatic heterocycles. The zero-order valence-electron chi connectivity index (χ0n) is 66.3. The van der Waals surface area contributed by atoms with E-state index in [4.69, 9.17) is 37.0 Å². The van der Waals surface area contributed by atoms with Gasteiger partial charge >= 0.3 is 39.5 Å². The van der Waals surface area contributed by atoms with Gasteiger partial charge < -0.3 is 33.8 Å². The fourth-order valence-electron chi connectivity index (χ4n) is 10.6. The molecule has 0 saturated heterocycles. The first-order chi connectivity index (χ1) is 51.7. The lowest BCUT2D eigenvalue weighted by atomic mass is 10.1. The van der Waals surface area contributed by atoms with E-state index in [9.17, 15) is 43.2 Å². The first kappa shape index (κ1) is 101. The van der Waals surface area contributed by atoms with Crippen molar-refractivity contribution < 1.29 is 80.2 Å². The van der Waals surface area contributed by atoms with E-state index in [1.165, 1.54) is 25.7 Å². The van der Waals surface area contributed by atoms with Crippen LogP contribution in [0.25, 0.3) is 0 Å². The summed E-state index contributed by atoms with van der Waals surface area (Å²) in [7, 11) is -9.98. The van der Waals surface area contributed by atoms with Crippen molar-refractivity contribution in [2.24, 2.45) is 0 Å². The van der Waals surface area contributed by atoms with E-state index in [0.717, 1.165) is 218 Å². The predicted octanol–water partition coefficient (Wildman–Crippen LogP) is 24.2. The van der Waals surface area contributed by atoms with Crippen molar-refractivity contribution in [1.82, 2.24) is 0 Å². The Morgan fingerprint density at radius 1 is 0.274 bits per heavy atom. The number of aliphatic hydroxyl groups excluding tert-OH is 1. The van der Waals surface area contributed by atoms with Crippen molar-refractivity contribution in [2.75, 3.05) is 39.6 Å². The Morgan fingerprint density at radius 3 is 0.764 bits per heavy atom. The molecule has 0 spiro atoms. The largest absolute Gasteiger partial charge is 0.472 e. The second-order valence-electron chi connectivity index (χ2n) is 26.9. The molecule has 0 fully saturated rings. The third-order valence-electron chi connectivity index (χ3n) is 16.8. The highest BCUT2D eigenvalue weighted by Crippen LogP contribution is 2.45. The Labute approximate surface area is 643 Å². The molecule has 0 aliphatic heterocycles. The molecule has 106 heavy (non-hydrogen) atoms. The highest BCUT2D eigenvalue weighted by atomic mass is 31.2. The van der Waals surface area contributed by atoms with Crippen molar-refractivity contribution in [1.29, 1.82) is 0 Å². The zero-order valence-corrected chi connectivity index (χ0v) is 68.1.